The molecule has 0 aliphatic carbocycles. The lowest BCUT2D eigenvalue weighted by molar-refractivity contribution is 0.00446. The molecule has 0 radical (unpaired) electrons. The number of ether oxygens (including phenoxy) is 1. The van der Waals surface area contributed by atoms with Gasteiger partial charge in [0, 0.05) is 38.4 Å². The predicted molar refractivity (Wildman–Crippen MR) is 83.2 cm³/mol. The summed E-state index contributed by atoms with van der Waals surface area (Å²) in [6, 6.07) is 2.37. The molecule has 2 aliphatic heterocycles. The van der Waals surface area contributed by atoms with Crippen LogP contribution in [0.5, 0.6) is 0 Å². The van der Waals surface area contributed by atoms with E-state index in [1.807, 2.05) is 0 Å². The minimum atomic E-state index is 0.545. The fourth-order valence-electron chi connectivity index (χ4n) is 3.38. The fraction of sp³-hybridized carbons (Fsp3) is 0.733. The van der Waals surface area contributed by atoms with Gasteiger partial charge in [0.05, 0.1) is 13.2 Å². The molecule has 0 unspecified atom stereocenters. The van der Waals surface area contributed by atoms with E-state index in [-0.39, 0.29) is 0 Å². The van der Waals surface area contributed by atoms with E-state index in [1.165, 1.54) is 12.8 Å². The molecule has 1 aromatic heterocycles. The van der Waals surface area contributed by atoms with E-state index in [1.54, 1.807) is 12.3 Å². The van der Waals surface area contributed by atoms with Crippen LogP contribution in [-0.2, 0) is 4.74 Å². The Labute approximate surface area is 126 Å². The Kier molecular flexibility index (Phi) is 4.55. The van der Waals surface area contributed by atoms with Gasteiger partial charge in [-0.05, 0) is 31.7 Å². The summed E-state index contributed by atoms with van der Waals surface area (Å²) in [5, 5.41) is 0. The van der Waals surface area contributed by atoms with E-state index in [2.05, 4.69) is 26.7 Å². The summed E-state index contributed by atoms with van der Waals surface area (Å²) >= 11 is 0. The number of nitrogens with zero attached hydrogens (tertiary/aromatic N) is 4. The number of piperidine rings is 1. The summed E-state index contributed by atoms with van der Waals surface area (Å²) < 4.78 is 5.45. The summed E-state index contributed by atoms with van der Waals surface area (Å²) in [6.45, 7) is 8.29. The molecule has 6 heteroatoms. The molecule has 116 valence electrons. The van der Waals surface area contributed by atoms with Crippen LogP contribution in [0.15, 0.2) is 12.3 Å². The summed E-state index contributed by atoms with van der Waals surface area (Å²) in [6.07, 6.45) is 4.12. The van der Waals surface area contributed by atoms with Gasteiger partial charge in [-0.25, -0.2) is 4.98 Å². The highest BCUT2D eigenvalue weighted by atomic mass is 16.5. The molecule has 0 amide bonds. The predicted octanol–water partition coefficient (Wildman–Crippen LogP) is 0.996. The zero-order valence-corrected chi connectivity index (χ0v) is 12.7. The second kappa shape index (κ2) is 6.58. The van der Waals surface area contributed by atoms with Crippen molar-refractivity contribution in [3.8, 4) is 0 Å². The van der Waals surface area contributed by atoms with Crippen LogP contribution in [0.4, 0.5) is 11.8 Å². The van der Waals surface area contributed by atoms with E-state index in [0.29, 0.717) is 11.9 Å². The quantitative estimate of drug-likeness (QED) is 0.896. The van der Waals surface area contributed by atoms with E-state index < -0.39 is 0 Å². The van der Waals surface area contributed by atoms with Crippen molar-refractivity contribution in [1.82, 2.24) is 14.9 Å². The van der Waals surface area contributed by atoms with E-state index in [4.69, 9.17) is 10.5 Å². The molecule has 1 atom stereocenters. The lowest BCUT2D eigenvalue weighted by Gasteiger charge is -2.41. The largest absolute Gasteiger partial charge is 0.384 e. The second-order valence-electron chi connectivity index (χ2n) is 5.99. The Balaban J connectivity index is 1.54. The average Bonchev–Trinajstić information content (AvgIpc) is 2.55. The molecule has 2 N–H and O–H groups in total. The molecule has 2 aliphatic rings. The van der Waals surface area contributed by atoms with Crippen LogP contribution in [0.1, 0.15) is 19.8 Å². The molecule has 2 fully saturated rings. The number of nitrogens with two attached hydrogens (primary N) is 1. The maximum Gasteiger partial charge on any atom is 0.227 e. The average molecular weight is 291 g/mol. The molecule has 0 spiro atoms. The normalized spacial score (nSPS) is 23.2. The standard InChI is InChI=1S/C15H25N5O/c1-12(19-8-10-21-11-9-19)13-3-6-20(7-4-13)15-17-5-2-14(16)18-15/h2,5,12-13H,3-4,6-11H2,1H3,(H2,16,17,18)/t12-/m1/s1. The van der Waals surface area contributed by atoms with Gasteiger partial charge in [0.1, 0.15) is 5.82 Å². The number of rotatable bonds is 3. The van der Waals surface area contributed by atoms with E-state index in [9.17, 15) is 0 Å². The van der Waals surface area contributed by atoms with Gasteiger partial charge in [-0.3, -0.25) is 4.90 Å². The molecule has 0 saturated carbocycles. The van der Waals surface area contributed by atoms with Crippen molar-refractivity contribution in [3.63, 3.8) is 0 Å². The lowest BCUT2D eigenvalue weighted by atomic mass is 9.89. The van der Waals surface area contributed by atoms with Crippen LogP contribution >= 0.6 is 0 Å². The highest BCUT2D eigenvalue weighted by molar-refractivity contribution is 5.37. The van der Waals surface area contributed by atoms with Gasteiger partial charge >= 0.3 is 0 Å². The monoisotopic (exact) mass is 291 g/mol. The first-order valence-corrected chi connectivity index (χ1v) is 7.89. The van der Waals surface area contributed by atoms with E-state index in [0.717, 1.165) is 51.3 Å². The van der Waals surface area contributed by atoms with E-state index >= 15 is 0 Å². The van der Waals surface area contributed by atoms with Crippen molar-refractivity contribution in [3.05, 3.63) is 12.3 Å². The molecule has 2 saturated heterocycles. The lowest BCUT2D eigenvalue weighted by Crippen LogP contribution is -2.48. The molecule has 1 aromatic rings. The summed E-state index contributed by atoms with van der Waals surface area (Å²) in [5.41, 5.74) is 5.74. The van der Waals surface area contributed by atoms with Crippen LogP contribution in [0.3, 0.4) is 0 Å². The number of aromatic nitrogens is 2. The number of nitrogen functional groups attached to an aromatic ring is 1. The van der Waals surface area contributed by atoms with Crippen molar-refractivity contribution in [2.75, 3.05) is 50.0 Å². The highest BCUT2D eigenvalue weighted by Crippen LogP contribution is 2.26. The molecule has 3 heterocycles. The van der Waals surface area contributed by atoms with Gasteiger partial charge in [-0.2, -0.15) is 4.98 Å². The zero-order valence-electron chi connectivity index (χ0n) is 12.7. The minimum Gasteiger partial charge on any atom is -0.384 e. The van der Waals surface area contributed by atoms with Gasteiger partial charge in [-0.15, -0.1) is 0 Å². The zero-order chi connectivity index (χ0) is 14.7. The summed E-state index contributed by atoms with van der Waals surface area (Å²) in [4.78, 5) is 13.5. The van der Waals surface area contributed by atoms with Crippen molar-refractivity contribution >= 4 is 11.8 Å². The molecule has 3 rings (SSSR count). The van der Waals surface area contributed by atoms with Crippen LogP contribution in [0.25, 0.3) is 0 Å². The number of hydrogen-bond acceptors (Lipinski definition) is 6. The first-order chi connectivity index (χ1) is 10.2. The van der Waals surface area contributed by atoms with Crippen molar-refractivity contribution in [1.29, 1.82) is 0 Å². The minimum absolute atomic E-state index is 0.545. The third-order valence-electron chi connectivity index (χ3n) is 4.79. The second-order valence-corrected chi connectivity index (χ2v) is 5.99. The first-order valence-electron chi connectivity index (χ1n) is 7.89. The Bertz CT molecular complexity index is 455. The Morgan fingerprint density at radius 1 is 1.24 bits per heavy atom. The van der Waals surface area contributed by atoms with Gasteiger partial charge in [0.15, 0.2) is 0 Å². The van der Waals surface area contributed by atoms with Crippen molar-refractivity contribution < 1.29 is 4.74 Å². The maximum atomic E-state index is 5.74. The Hall–Kier alpha value is -1.40. The number of hydrogen-bond donors (Lipinski definition) is 1. The third-order valence-corrected chi connectivity index (χ3v) is 4.79. The molecule has 0 aromatic carbocycles. The summed E-state index contributed by atoms with van der Waals surface area (Å²) in [5.74, 6) is 2.07. The first kappa shape index (κ1) is 14.5. The van der Waals surface area contributed by atoms with Crippen LogP contribution in [-0.4, -0.2) is 60.3 Å². The molecule has 21 heavy (non-hydrogen) atoms. The Morgan fingerprint density at radius 2 is 1.95 bits per heavy atom. The number of anilines is 2. The fourth-order valence-corrected chi connectivity index (χ4v) is 3.38. The molecule has 6 nitrogen and oxygen atoms in total. The topological polar surface area (TPSA) is 67.5 Å². The summed E-state index contributed by atoms with van der Waals surface area (Å²) in [7, 11) is 0. The van der Waals surface area contributed by atoms with Gasteiger partial charge in [-0.1, -0.05) is 0 Å². The van der Waals surface area contributed by atoms with Gasteiger partial charge in [0.25, 0.3) is 0 Å². The highest BCUT2D eigenvalue weighted by Gasteiger charge is 2.29. The van der Waals surface area contributed by atoms with Crippen LogP contribution < -0.4 is 10.6 Å². The SMILES string of the molecule is C[C@H](C1CCN(c2nccc(N)n2)CC1)N1CCOCC1. The molecular formula is C15H25N5O. The maximum absolute atomic E-state index is 5.74. The third kappa shape index (κ3) is 3.44. The van der Waals surface area contributed by atoms with Crippen molar-refractivity contribution in [2.24, 2.45) is 5.92 Å². The molecule has 0 bridgehead atoms. The Morgan fingerprint density at radius 3 is 2.62 bits per heavy atom. The van der Waals surface area contributed by atoms with Crippen LogP contribution in [0.2, 0.25) is 0 Å². The molecular weight excluding hydrogens is 266 g/mol. The van der Waals surface area contributed by atoms with Gasteiger partial charge < -0.3 is 15.4 Å². The number of morpholine rings is 1. The van der Waals surface area contributed by atoms with Crippen LogP contribution in [0, 0.1) is 5.92 Å². The van der Waals surface area contributed by atoms with Gasteiger partial charge in [0.2, 0.25) is 5.95 Å². The van der Waals surface area contributed by atoms with Crippen molar-refractivity contribution in [2.45, 2.75) is 25.8 Å². The smallest absolute Gasteiger partial charge is 0.227 e.